The number of nitrogens with zero attached hydrogens (tertiary/aromatic N) is 2. The molecule has 0 bridgehead atoms. The number of imidazole rings is 1. The van der Waals surface area contributed by atoms with E-state index in [1.165, 1.54) is 12.1 Å². The molecule has 2 atom stereocenters. The van der Waals surface area contributed by atoms with Crippen LogP contribution in [0.2, 0.25) is 5.02 Å². The summed E-state index contributed by atoms with van der Waals surface area (Å²) in [5.74, 6) is -1.47. The molecule has 5 rings (SSSR count). The molecule has 1 aromatic heterocycles. The molecular weight excluding hydrogens is 408 g/mol. The van der Waals surface area contributed by atoms with Gasteiger partial charge in [0.1, 0.15) is 11.6 Å². The Hall–Kier alpha value is -1.77. The van der Waals surface area contributed by atoms with Crippen LogP contribution in [0, 0.1) is 16.4 Å². The summed E-state index contributed by atoms with van der Waals surface area (Å²) in [6, 6.07) is 2.49. The van der Waals surface area contributed by atoms with E-state index in [9.17, 15) is 13.6 Å². The third kappa shape index (κ3) is 2.44. The maximum absolute atomic E-state index is 14.7. The van der Waals surface area contributed by atoms with Crippen molar-refractivity contribution in [3.05, 3.63) is 50.5 Å². The number of carbonyl (C=O) groups is 1. The second-order valence-electron chi connectivity index (χ2n) is 7.87. The molecule has 1 N–H and O–H groups in total. The summed E-state index contributed by atoms with van der Waals surface area (Å²) in [6.07, 6.45) is 0.789. The largest absolute Gasteiger partial charge is 0.377 e. The normalized spacial score (nSPS) is 25.2. The van der Waals surface area contributed by atoms with Gasteiger partial charge in [0.25, 0.3) is 0 Å². The Morgan fingerprint density at radius 3 is 2.86 bits per heavy atom. The topological polar surface area (TPSA) is 48.2 Å². The molecule has 0 radical (unpaired) electrons. The molecule has 1 amide bonds. The van der Waals surface area contributed by atoms with E-state index in [-0.39, 0.29) is 34.9 Å². The maximum Gasteiger partial charge on any atom is 0.226 e. The van der Waals surface area contributed by atoms with Crippen molar-refractivity contribution in [3.8, 4) is 0 Å². The zero-order valence-corrected chi connectivity index (χ0v) is 16.7. The number of hydrogen-bond acceptors (Lipinski definition) is 3. The fourth-order valence-electron chi connectivity index (χ4n) is 4.69. The molecule has 148 valence electrons. The molecule has 9 heteroatoms. The van der Waals surface area contributed by atoms with Gasteiger partial charge < -0.3 is 19.2 Å². The van der Waals surface area contributed by atoms with E-state index in [1.54, 1.807) is 0 Å². The Balaban J connectivity index is 1.50. The van der Waals surface area contributed by atoms with Crippen LogP contribution in [0.3, 0.4) is 0 Å². The summed E-state index contributed by atoms with van der Waals surface area (Å²) in [7, 11) is 1.83. The zero-order chi connectivity index (χ0) is 19.8. The van der Waals surface area contributed by atoms with Crippen molar-refractivity contribution in [1.29, 1.82) is 0 Å². The highest BCUT2D eigenvalue weighted by molar-refractivity contribution is 7.71. The Labute approximate surface area is 170 Å². The van der Waals surface area contributed by atoms with Crippen molar-refractivity contribution in [2.24, 2.45) is 7.05 Å². The molecule has 1 saturated carbocycles. The molecule has 1 aromatic carbocycles. The van der Waals surface area contributed by atoms with Gasteiger partial charge in [-0.3, -0.25) is 4.79 Å². The quantitative estimate of drug-likeness (QED) is 0.605. The number of fused-ring (bicyclic) bond motifs is 3. The van der Waals surface area contributed by atoms with E-state index >= 15 is 0 Å². The van der Waals surface area contributed by atoms with Crippen LogP contribution < -0.4 is 5.32 Å². The van der Waals surface area contributed by atoms with Crippen LogP contribution in [0.1, 0.15) is 29.3 Å². The van der Waals surface area contributed by atoms with Crippen LogP contribution in [-0.4, -0.2) is 34.3 Å². The monoisotopic (exact) mass is 425 g/mol. The number of amides is 1. The fraction of sp³-hybridized carbons (Fsp3) is 0.474. The molecule has 2 aromatic rings. The van der Waals surface area contributed by atoms with Crippen LogP contribution in [0.4, 0.5) is 8.78 Å². The summed E-state index contributed by atoms with van der Waals surface area (Å²) in [5, 5.41) is 2.85. The van der Waals surface area contributed by atoms with Gasteiger partial charge in [-0.2, -0.15) is 0 Å². The highest BCUT2D eigenvalue weighted by Crippen LogP contribution is 2.67. The van der Waals surface area contributed by atoms with Gasteiger partial charge in [0.15, 0.2) is 4.77 Å². The predicted molar refractivity (Wildman–Crippen MR) is 101 cm³/mol. The molecule has 28 heavy (non-hydrogen) atoms. The second kappa shape index (κ2) is 6.11. The smallest absolute Gasteiger partial charge is 0.226 e. The first-order chi connectivity index (χ1) is 13.3. The van der Waals surface area contributed by atoms with Crippen LogP contribution in [-0.2, 0) is 35.0 Å². The first kappa shape index (κ1) is 18.3. The minimum absolute atomic E-state index is 0.0350. The molecule has 2 aliphatic heterocycles. The average molecular weight is 426 g/mol. The minimum Gasteiger partial charge on any atom is -0.377 e. The number of halogens is 3. The van der Waals surface area contributed by atoms with Gasteiger partial charge in [-0.1, -0.05) is 11.6 Å². The number of carbonyl (C=O) groups excluding carboxylic acids is 1. The van der Waals surface area contributed by atoms with Crippen molar-refractivity contribution in [2.75, 3.05) is 13.2 Å². The van der Waals surface area contributed by atoms with Crippen LogP contribution in [0.5, 0.6) is 0 Å². The number of rotatable bonds is 4. The fourth-order valence-corrected chi connectivity index (χ4v) is 5.12. The lowest BCUT2D eigenvalue weighted by molar-refractivity contribution is -0.124. The van der Waals surface area contributed by atoms with Gasteiger partial charge in [-0.05, 0) is 30.8 Å². The van der Waals surface area contributed by atoms with E-state index in [0.717, 1.165) is 11.4 Å². The standard InChI is InChI=1S/C19H18ClF2N3O2S/c1-24-13(4-14(26)23-9-6-27-7-9)17-10-5-19(10,8-25(17)18(24)28)15-12(21)3-2-11(20)16(15)22/h2-3,9-10H,4-8H2,1H3,(H,23,26)/t10-,19-/m0/s1. The van der Waals surface area contributed by atoms with E-state index in [2.05, 4.69) is 5.32 Å². The first-order valence-electron chi connectivity index (χ1n) is 9.13. The lowest BCUT2D eigenvalue weighted by Gasteiger charge is -2.26. The number of hydrogen-bond donors (Lipinski definition) is 1. The van der Waals surface area contributed by atoms with Gasteiger partial charge in [0, 0.05) is 41.9 Å². The van der Waals surface area contributed by atoms with Gasteiger partial charge in [0.2, 0.25) is 5.91 Å². The Bertz CT molecular complexity index is 1080. The lowest BCUT2D eigenvalue weighted by Crippen LogP contribution is -2.49. The second-order valence-corrected chi connectivity index (χ2v) is 8.64. The summed E-state index contributed by atoms with van der Waals surface area (Å²) in [5.41, 5.74) is 1.07. The van der Waals surface area contributed by atoms with Crippen LogP contribution >= 0.6 is 23.8 Å². The van der Waals surface area contributed by atoms with Crippen LogP contribution in [0.15, 0.2) is 12.1 Å². The molecule has 2 fully saturated rings. The Morgan fingerprint density at radius 1 is 1.43 bits per heavy atom. The third-order valence-corrected chi connectivity index (χ3v) is 7.01. The predicted octanol–water partition coefficient (Wildman–Crippen LogP) is 2.98. The average Bonchev–Trinajstić information content (AvgIpc) is 3.17. The van der Waals surface area contributed by atoms with Crippen molar-refractivity contribution in [1.82, 2.24) is 14.5 Å². The van der Waals surface area contributed by atoms with Gasteiger partial charge in [0.05, 0.1) is 30.7 Å². The Morgan fingerprint density at radius 2 is 2.18 bits per heavy atom. The van der Waals surface area contributed by atoms with Crippen LogP contribution in [0.25, 0.3) is 0 Å². The number of ether oxygens (including phenoxy) is 1. The minimum atomic E-state index is -0.700. The highest BCUT2D eigenvalue weighted by atomic mass is 35.5. The SMILES string of the molecule is Cn1c(CC(=O)NC2COC2)c2n(c1=S)C[C@@]1(c3c(F)ccc(Cl)c3F)C[C@@H]21. The first-order valence-corrected chi connectivity index (χ1v) is 9.91. The summed E-state index contributed by atoms with van der Waals surface area (Å²) >= 11 is 11.5. The third-order valence-electron chi connectivity index (χ3n) is 6.23. The van der Waals surface area contributed by atoms with Crippen molar-refractivity contribution in [2.45, 2.75) is 36.8 Å². The van der Waals surface area contributed by atoms with Crippen molar-refractivity contribution in [3.63, 3.8) is 0 Å². The van der Waals surface area contributed by atoms with E-state index in [0.29, 0.717) is 31.0 Å². The number of benzene rings is 1. The number of aromatic nitrogens is 2. The van der Waals surface area contributed by atoms with E-state index < -0.39 is 17.0 Å². The molecular formula is C19H18ClF2N3O2S. The molecule has 3 aliphatic rings. The van der Waals surface area contributed by atoms with Gasteiger partial charge >= 0.3 is 0 Å². The summed E-state index contributed by atoms with van der Waals surface area (Å²) < 4.78 is 38.6. The molecule has 5 nitrogen and oxygen atoms in total. The van der Waals surface area contributed by atoms with E-state index in [4.69, 9.17) is 28.6 Å². The highest BCUT2D eigenvalue weighted by Gasteiger charge is 2.64. The van der Waals surface area contributed by atoms with Crippen molar-refractivity contribution < 1.29 is 18.3 Å². The summed E-state index contributed by atoms with van der Waals surface area (Å²) in [4.78, 5) is 12.4. The van der Waals surface area contributed by atoms with Gasteiger partial charge in [-0.25, -0.2) is 8.78 Å². The Kier molecular flexibility index (Phi) is 3.99. The van der Waals surface area contributed by atoms with Gasteiger partial charge in [-0.15, -0.1) is 0 Å². The summed E-state index contributed by atoms with van der Waals surface area (Å²) in [6.45, 7) is 1.44. The number of nitrogens with one attached hydrogen (secondary N) is 1. The van der Waals surface area contributed by atoms with E-state index in [1.807, 2.05) is 16.2 Å². The lowest BCUT2D eigenvalue weighted by atomic mass is 9.92. The molecule has 0 unspecified atom stereocenters. The maximum atomic E-state index is 14.7. The van der Waals surface area contributed by atoms with Crippen molar-refractivity contribution >= 4 is 29.7 Å². The molecule has 1 aliphatic carbocycles. The zero-order valence-electron chi connectivity index (χ0n) is 15.1. The molecule has 1 saturated heterocycles. The molecule has 0 spiro atoms. The molecule has 3 heterocycles.